The summed E-state index contributed by atoms with van der Waals surface area (Å²) in [6.45, 7) is 0.0893. The fraction of sp³-hybridized carbons (Fsp3) is 0.429. The van der Waals surface area contributed by atoms with Gasteiger partial charge in [-0.3, -0.25) is 4.79 Å². The summed E-state index contributed by atoms with van der Waals surface area (Å²) in [5.74, 6) is 0.00398. The van der Waals surface area contributed by atoms with Crippen molar-refractivity contribution >= 4 is 23.6 Å². The van der Waals surface area contributed by atoms with Crippen molar-refractivity contribution in [2.75, 3.05) is 25.4 Å². The SMILES string of the molecule is CSCCC1(NC(=O)c2ccccc2)COCOC1=O. The number of carbonyl (C=O) groups is 2. The molecule has 1 aromatic carbocycles. The minimum atomic E-state index is -1.09. The maximum atomic E-state index is 12.2. The number of ether oxygens (including phenoxy) is 2. The minimum absolute atomic E-state index is 0.0545. The van der Waals surface area contributed by atoms with E-state index in [-0.39, 0.29) is 19.3 Å². The Morgan fingerprint density at radius 2 is 2.15 bits per heavy atom. The van der Waals surface area contributed by atoms with Crippen LogP contribution in [-0.2, 0) is 14.3 Å². The second kappa shape index (κ2) is 6.76. The summed E-state index contributed by atoms with van der Waals surface area (Å²) in [6.07, 6.45) is 2.42. The Hall–Kier alpha value is -1.53. The first kappa shape index (κ1) is 14.9. The number of esters is 1. The Kier molecular flexibility index (Phi) is 5.03. The Morgan fingerprint density at radius 3 is 2.80 bits per heavy atom. The maximum absolute atomic E-state index is 12.2. The molecule has 0 aromatic heterocycles. The average Bonchev–Trinajstić information content (AvgIpc) is 2.49. The normalized spacial score (nSPS) is 22.1. The monoisotopic (exact) mass is 295 g/mol. The van der Waals surface area contributed by atoms with Crippen LogP contribution in [0.1, 0.15) is 16.8 Å². The zero-order chi connectivity index (χ0) is 14.4. The van der Waals surface area contributed by atoms with Crippen LogP contribution >= 0.6 is 11.8 Å². The molecule has 1 fully saturated rings. The summed E-state index contributed by atoms with van der Waals surface area (Å²) < 4.78 is 10.2. The molecule has 1 heterocycles. The van der Waals surface area contributed by atoms with E-state index in [1.54, 1.807) is 36.0 Å². The lowest BCUT2D eigenvalue weighted by Crippen LogP contribution is -2.61. The molecule has 0 aliphatic carbocycles. The van der Waals surface area contributed by atoms with E-state index in [1.165, 1.54) is 0 Å². The van der Waals surface area contributed by atoms with Gasteiger partial charge in [-0.2, -0.15) is 11.8 Å². The smallest absolute Gasteiger partial charge is 0.336 e. The topological polar surface area (TPSA) is 64.6 Å². The fourth-order valence-electron chi connectivity index (χ4n) is 1.99. The number of nitrogens with one attached hydrogen (secondary N) is 1. The number of thioether (sulfide) groups is 1. The third kappa shape index (κ3) is 3.32. The van der Waals surface area contributed by atoms with Crippen molar-refractivity contribution in [3.05, 3.63) is 35.9 Å². The number of cyclic esters (lactones) is 1. The molecule has 108 valence electrons. The van der Waals surface area contributed by atoms with E-state index < -0.39 is 11.5 Å². The summed E-state index contributed by atoms with van der Waals surface area (Å²) in [7, 11) is 0. The third-order valence-electron chi connectivity index (χ3n) is 3.13. The molecular weight excluding hydrogens is 278 g/mol. The lowest BCUT2D eigenvalue weighted by atomic mass is 9.96. The summed E-state index contributed by atoms with van der Waals surface area (Å²) in [5.41, 5.74) is -0.580. The number of hydrogen-bond acceptors (Lipinski definition) is 5. The van der Waals surface area contributed by atoms with Crippen molar-refractivity contribution in [1.82, 2.24) is 5.32 Å². The molecule has 1 amide bonds. The Balaban J connectivity index is 2.15. The van der Waals surface area contributed by atoms with Crippen molar-refractivity contribution < 1.29 is 19.1 Å². The van der Waals surface area contributed by atoms with E-state index in [1.807, 2.05) is 12.3 Å². The molecule has 0 saturated carbocycles. The maximum Gasteiger partial charge on any atom is 0.336 e. The average molecular weight is 295 g/mol. The summed E-state index contributed by atoms with van der Waals surface area (Å²) >= 11 is 1.60. The highest BCUT2D eigenvalue weighted by molar-refractivity contribution is 7.98. The van der Waals surface area contributed by atoms with Gasteiger partial charge in [0.15, 0.2) is 12.3 Å². The van der Waals surface area contributed by atoms with Gasteiger partial charge in [-0.15, -0.1) is 0 Å². The third-order valence-corrected chi connectivity index (χ3v) is 3.75. The summed E-state index contributed by atoms with van der Waals surface area (Å²) in [5, 5.41) is 2.78. The molecule has 20 heavy (non-hydrogen) atoms. The van der Waals surface area contributed by atoms with Crippen molar-refractivity contribution in [3.8, 4) is 0 Å². The molecule has 1 N–H and O–H groups in total. The number of benzene rings is 1. The van der Waals surface area contributed by atoms with E-state index in [2.05, 4.69) is 5.32 Å². The molecular formula is C14H17NO4S. The van der Waals surface area contributed by atoms with Gasteiger partial charge in [0, 0.05) is 5.56 Å². The molecule has 2 rings (SSSR count). The number of rotatable bonds is 5. The van der Waals surface area contributed by atoms with E-state index in [4.69, 9.17) is 9.47 Å². The number of amides is 1. The molecule has 1 atom stereocenters. The largest absolute Gasteiger partial charge is 0.437 e. The van der Waals surface area contributed by atoms with Gasteiger partial charge in [0.1, 0.15) is 0 Å². The van der Waals surface area contributed by atoms with Crippen LogP contribution in [0.5, 0.6) is 0 Å². The van der Waals surface area contributed by atoms with Gasteiger partial charge in [-0.05, 0) is 30.6 Å². The van der Waals surface area contributed by atoms with Gasteiger partial charge >= 0.3 is 5.97 Å². The van der Waals surface area contributed by atoms with Gasteiger partial charge in [0.2, 0.25) is 0 Å². The summed E-state index contributed by atoms with van der Waals surface area (Å²) in [6, 6.07) is 8.79. The predicted molar refractivity (Wildman–Crippen MR) is 76.5 cm³/mol. The lowest BCUT2D eigenvalue weighted by molar-refractivity contribution is -0.185. The van der Waals surface area contributed by atoms with Crippen molar-refractivity contribution in [3.63, 3.8) is 0 Å². The molecule has 1 aliphatic heterocycles. The van der Waals surface area contributed by atoms with Crippen LogP contribution in [0.3, 0.4) is 0 Å². The van der Waals surface area contributed by atoms with Crippen molar-refractivity contribution in [2.24, 2.45) is 0 Å². The van der Waals surface area contributed by atoms with Crippen LogP contribution in [-0.4, -0.2) is 42.8 Å². The highest BCUT2D eigenvalue weighted by atomic mass is 32.2. The quantitative estimate of drug-likeness (QED) is 0.833. The molecule has 0 bridgehead atoms. The first-order valence-electron chi connectivity index (χ1n) is 6.29. The predicted octanol–water partition coefficient (Wildman–Crippen LogP) is 1.44. The molecule has 0 spiro atoms. The molecule has 1 aliphatic rings. The Labute approximate surface area is 122 Å². The van der Waals surface area contributed by atoms with Gasteiger partial charge < -0.3 is 14.8 Å². The standard InChI is InChI=1S/C14H17NO4S/c1-20-8-7-14(9-18-10-19-13(14)17)15-12(16)11-5-3-2-4-6-11/h2-6H,7-10H2,1H3,(H,15,16). The Morgan fingerprint density at radius 1 is 1.40 bits per heavy atom. The second-order valence-corrected chi connectivity index (χ2v) is 5.53. The van der Waals surface area contributed by atoms with Crippen LogP contribution in [0, 0.1) is 0 Å². The van der Waals surface area contributed by atoms with E-state index >= 15 is 0 Å². The molecule has 0 radical (unpaired) electrons. The second-order valence-electron chi connectivity index (χ2n) is 4.54. The first-order chi connectivity index (χ1) is 9.68. The molecule has 1 saturated heterocycles. The minimum Gasteiger partial charge on any atom is -0.437 e. The number of carbonyl (C=O) groups excluding carboxylic acids is 2. The molecule has 5 nitrogen and oxygen atoms in total. The summed E-state index contributed by atoms with van der Waals surface area (Å²) in [4.78, 5) is 24.3. The van der Waals surface area contributed by atoms with Gasteiger partial charge in [-0.25, -0.2) is 4.79 Å². The van der Waals surface area contributed by atoms with Crippen LogP contribution < -0.4 is 5.32 Å². The fourth-order valence-corrected chi connectivity index (χ4v) is 2.54. The Bertz CT molecular complexity index is 479. The van der Waals surface area contributed by atoms with Gasteiger partial charge in [0.05, 0.1) is 6.61 Å². The first-order valence-corrected chi connectivity index (χ1v) is 7.69. The van der Waals surface area contributed by atoms with Crippen LogP contribution in [0.4, 0.5) is 0 Å². The van der Waals surface area contributed by atoms with Crippen molar-refractivity contribution in [2.45, 2.75) is 12.0 Å². The van der Waals surface area contributed by atoms with Gasteiger partial charge in [-0.1, -0.05) is 18.2 Å². The molecule has 1 unspecified atom stereocenters. The van der Waals surface area contributed by atoms with Crippen molar-refractivity contribution in [1.29, 1.82) is 0 Å². The highest BCUT2D eigenvalue weighted by Crippen LogP contribution is 2.21. The molecule has 1 aromatic rings. The van der Waals surface area contributed by atoms with Crippen LogP contribution in [0.15, 0.2) is 30.3 Å². The van der Waals surface area contributed by atoms with Gasteiger partial charge in [0.25, 0.3) is 5.91 Å². The lowest BCUT2D eigenvalue weighted by Gasteiger charge is -2.35. The molecule has 6 heteroatoms. The number of hydrogen-bond donors (Lipinski definition) is 1. The zero-order valence-corrected chi connectivity index (χ0v) is 12.1. The van der Waals surface area contributed by atoms with Crippen LogP contribution in [0.25, 0.3) is 0 Å². The van der Waals surface area contributed by atoms with E-state index in [0.717, 1.165) is 5.75 Å². The highest BCUT2D eigenvalue weighted by Gasteiger charge is 2.44. The zero-order valence-electron chi connectivity index (χ0n) is 11.3. The van der Waals surface area contributed by atoms with E-state index in [0.29, 0.717) is 12.0 Å². The van der Waals surface area contributed by atoms with E-state index in [9.17, 15) is 9.59 Å². The van der Waals surface area contributed by atoms with Crippen LogP contribution in [0.2, 0.25) is 0 Å².